The van der Waals surface area contributed by atoms with Gasteiger partial charge in [-0.15, -0.1) is 0 Å². The van der Waals surface area contributed by atoms with Gasteiger partial charge in [0.05, 0.1) is 6.54 Å². The monoisotopic (exact) mass is 452 g/mol. The number of nitrogen functional groups attached to an aromatic ring is 1. The third-order valence-electron chi connectivity index (χ3n) is 5.72. The second-order valence-electron chi connectivity index (χ2n) is 8.30. The van der Waals surface area contributed by atoms with Crippen molar-refractivity contribution < 1.29 is 19.5 Å². The summed E-state index contributed by atoms with van der Waals surface area (Å²) in [6, 6.07) is 14.9. The van der Waals surface area contributed by atoms with Gasteiger partial charge in [0.2, 0.25) is 0 Å². The summed E-state index contributed by atoms with van der Waals surface area (Å²) in [5.74, 6) is -0.576. The summed E-state index contributed by atoms with van der Waals surface area (Å²) in [5, 5.41) is 18.9. The van der Waals surface area contributed by atoms with Crippen molar-refractivity contribution in [2.24, 2.45) is 11.1 Å². The van der Waals surface area contributed by atoms with E-state index in [1.54, 1.807) is 6.07 Å². The largest absolute Gasteiger partial charge is 0.480 e. The first-order valence-corrected chi connectivity index (χ1v) is 11.4. The van der Waals surface area contributed by atoms with Crippen LogP contribution in [0.2, 0.25) is 0 Å². The number of nitrogens with two attached hydrogens (primary N) is 1. The second kappa shape index (κ2) is 12.6. The topological polar surface area (TPSA) is 126 Å². The van der Waals surface area contributed by atoms with E-state index in [1.165, 1.54) is 19.3 Å². The average molecular weight is 453 g/mol. The molecule has 0 atom stereocenters. The molecule has 1 aliphatic carbocycles. The SMILES string of the molecule is Nc1ccc(/C(=N/OCC(=O)NCC2CCCCC2)c2ccccc2)cc1CNCC(=O)O. The van der Waals surface area contributed by atoms with E-state index in [1.807, 2.05) is 42.5 Å². The summed E-state index contributed by atoms with van der Waals surface area (Å²) >= 11 is 0. The number of hydrogen-bond acceptors (Lipinski definition) is 6. The summed E-state index contributed by atoms with van der Waals surface area (Å²) in [6.45, 7) is 0.661. The molecule has 5 N–H and O–H groups in total. The molecular formula is C25H32N4O4. The minimum absolute atomic E-state index is 0.162. The molecule has 0 aliphatic heterocycles. The highest BCUT2D eigenvalue weighted by molar-refractivity contribution is 6.12. The second-order valence-corrected chi connectivity index (χ2v) is 8.30. The minimum Gasteiger partial charge on any atom is -0.480 e. The zero-order chi connectivity index (χ0) is 23.5. The van der Waals surface area contributed by atoms with Gasteiger partial charge in [-0.3, -0.25) is 9.59 Å². The number of carboxylic acids is 1. The Bertz CT molecular complexity index is 956. The van der Waals surface area contributed by atoms with Crippen molar-refractivity contribution in [2.45, 2.75) is 38.6 Å². The molecule has 2 aromatic rings. The number of carbonyl (C=O) groups excluding carboxylic acids is 1. The number of anilines is 1. The Hall–Kier alpha value is -3.39. The van der Waals surface area contributed by atoms with E-state index in [0.29, 0.717) is 30.4 Å². The normalized spacial score (nSPS) is 14.6. The molecule has 0 spiro atoms. The van der Waals surface area contributed by atoms with Gasteiger partial charge in [-0.05, 0) is 36.5 Å². The van der Waals surface area contributed by atoms with Crippen LogP contribution < -0.4 is 16.4 Å². The Kier molecular flexibility index (Phi) is 9.26. The van der Waals surface area contributed by atoms with E-state index >= 15 is 0 Å². The van der Waals surface area contributed by atoms with Gasteiger partial charge in [0.25, 0.3) is 5.91 Å². The van der Waals surface area contributed by atoms with Crippen LogP contribution in [0.1, 0.15) is 48.8 Å². The molecule has 176 valence electrons. The highest BCUT2D eigenvalue weighted by Gasteiger charge is 2.15. The summed E-state index contributed by atoms with van der Waals surface area (Å²) in [7, 11) is 0. The molecule has 2 aromatic carbocycles. The number of carbonyl (C=O) groups is 2. The third-order valence-corrected chi connectivity index (χ3v) is 5.72. The number of nitrogens with zero attached hydrogens (tertiary/aromatic N) is 1. The van der Waals surface area contributed by atoms with Crippen LogP contribution in [0, 0.1) is 5.92 Å². The first-order chi connectivity index (χ1) is 16.0. The lowest BCUT2D eigenvalue weighted by atomic mass is 9.89. The fourth-order valence-electron chi connectivity index (χ4n) is 3.93. The maximum Gasteiger partial charge on any atom is 0.317 e. The number of amides is 1. The fourth-order valence-corrected chi connectivity index (χ4v) is 3.93. The standard InChI is InChI=1S/C25H32N4O4/c26-22-12-11-20(13-21(22)15-27-16-24(31)32)25(19-9-5-2-6-10-19)29-33-17-23(30)28-14-18-7-3-1-4-8-18/h2,5-6,9-13,18,27H,1,3-4,7-8,14-17,26H2,(H,28,30)(H,31,32)/b29-25+. The van der Waals surface area contributed by atoms with Crippen LogP contribution >= 0.6 is 0 Å². The number of aliphatic carboxylic acids is 1. The summed E-state index contributed by atoms with van der Waals surface area (Å²) < 4.78 is 0. The van der Waals surface area contributed by atoms with Gasteiger partial charge in [-0.2, -0.15) is 0 Å². The van der Waals surface area contributed by atoms with E-state index in [2.05, 4.69) is 15.8 Å². The average Bonchev–Trinajstić information content (AvgIpc) is 2.83. The zero-order valence-corrected chi connectivity index (χ0v) is 18.8. The Morgan fingerprint density at radius 2 is 1.82 bits per heavy atom. The van der Waals surface area contributed by atoms with Crippen molar-refractivity contribution in [2.75, 3.05) is 25.4 Å². The van der Waals surface area contributed by atoms with Crippen LogP contribution in [-0.4, -0.2) is 42.4 Å². The van der Waals surface area contributed by atoms with Gasteiger partial charge in [-0.25, -0.2) is 0 Å². The number of benzene rings is 2. The molecule has 0 saturated heterocycles. The summed E-state index contributed by atoms with van der Waals surface area (Å²) in [4.78, 5) is 28.5. The van der Waals surface area contributed by atoms with Crippen molar-refractivity contribution in [3.8, 4) is 0 Å². The van der Waals surface area contributed by atoms with Gasteiger partial charge in [-0.1, -0.05) is 60.8 Å². The molecule has 0 heterocycles. The number of nitrogens with one attached hydrogen (secondary N) is 2. The molecule has 8 nitrogen and oxygen atoms in total. The van der Waals surface area contributed by atoms with Crippen molar-refractivity contribution in [3.63, 3.8) is 0 Å². The van der Waals surface area contributed by atoms with Gasteiger partial charge < -0.3 is 26.3 Å². The number of hydrogen-bond donors (Lipinski definition) is 4. The van der Waals surface area contributed by atoms with E-state index in [-0.39, 0.29) is 19.1 Å². The third kappa shape index (κ3) is 7.91. The number of carboxylic acid groups (broad SMARTS) is 1. The maximum absolute atomic E-state index is 12.2. The molecule has 1 amide bonds. The number of rotatable bonds is 11. The molecular weight excluding hydrogens is 420 g/mol. The fraction of sp³-hybridized carbons (Fsp3) is 0.400. The van der Waals surface area contributed by atoms with Crippen molar-refractivity contribution in [1.29, 1.82) is 0 Å². The van der Waals surface area contributed by atoms with E-state index in [4.69, 9.17) is 15.7 Å². The number of oxime groups is 1. The Morgan fingerprint density at radius 1 is 1.06 bits per heavy atom. The van der Waals surface area contributed by atoms with Crippen LogP contribution in [0.25, 0.3) is 0 Å². The van der Waals surface area contributed by atoms with Crippen LogP contribution in [0.5, 0.6) is 0 Å². The predicted octanol–water partition coefficient (Wildman–Crippen LogP) is 2.91. The highest BCUT2D eigenvalue weighted by Crippen LogP contribution is 2.22. The van der Waals surface area contributed by atoms with E-state index < -0.39 is 5.97 Å². The molecule has 0 bridgehead atoms. The minimum atomic E-state index is -0.938. The lowest BCUT2D eigenvalue weighted by Gasteiger charge is -2.21. The molecule has 1 fully saturated rings. The summed E-state index contributed by atoms with van der Waals surface area (Å²) in [6.07, 6.45) is 6.08. The lowest BCUT2D eigenvalue weighted by Crippen LogP contribution is -2.32. The molecule has 8 heteroatoms. The Balaban J connectivity index is 1.68. The van der Waals surface area contributed by atoms with Crippen molar-refractivity contribution >= 4 is 23.3 Å². The lowest BCUT2D eigenvalue weighted by molar-refractivity contribution is -0.136. The Labute approximate surface area is 194 Å². The van der Waals surface area contributed by atoms with E-state index in [9.17, 15) is 9.59 Å². The van der Waals surface area contributed by atoms with Crippen LogP contribution in [0.4, 0.5) is 5.69 Å². The maximum atomic E-state index is 12.2. The first-order valence-electron chi connectivity index (χ1n) is 11.4. The molecule has 3 rings (SSSR count). The van der Waals surface area contributed by atoms with Gasteiger partial charge in [0.1, 0.15) is 5.71 Å². The molecule has 1 aliphatic rings. The smallest absolute Gasteiger partial charge is 0.317 e. The van der Waals surface area contributed by atoms with Gasteiger partial charge in [0.15, 0.2) is 6.61 Å². The van der Waals surface area contributed by atoms with Crippen LogP contribution in [-0.2, 0) is 21.0 Å². The molecule has 0 unspecified atom stereocenters. The molecule has 0 aromatic heterocycles. The highest BCUT2D eigenvalue weighted by atomic mass is 16.6. The quantitative estimate of drug-likeness (QED) is 0.236. The van der Waals surface area contributed by atoms with Crippen molar-refractivity contribution in [1.82, 2.24) is 10.6 Å². The molecule has 33 heavy (non-hydrogen) atoms. The first kappa shape index (κ1) is 24.3. The van der Waals surface area contributed by atoms with E-state index in [0.717, 1.165) is 29.5 Å². The molecule has 0 radical (unpaired) electrons. The van der Waals surface area contributed by atoms with Crippen LogP contribution in [0.3, 0.4) is 0 Å². The van der Waals surface area contributed by atoms with Gasteiger partial charge in [0, 0.05) is 29.9 Å². The van der Waals surface area contributed by atoms with Crippen molar-refractivity contribution in [3.05, 3.63) is 65.2 Å². The van der Waals surface area contributed by atoms with Crippen LogP contribution in [0.15, 0.2) is 53.7 Å². The predicted molar refractivity (Wildman–Crippen MR) is 128 cm³/mol. The zero-order valence-electron chi connectivity index (χ0n) is 18.8. The van der Waals surface area contributed by atoms with Gasteiger partial charge >= 0.3 is 5.97 Å². The Morgan fingerprint density at radius 3 is 2.55 bits per heavy atom. The summed E-state index contributed by atoms with van der Waals surface area (Å²) in [5.41, 5.74) is 9.52. The molecule has 1 saturated carbocycles.